The quantitative estimate of drug-likeness (QED) is 0.595. The highest BCUT2D eigenvalue weighted by Crippen LogP contribution is 2.37. The van der Waals surface area contributed by atoms with E-state index >= 15 is 0 Å². The molecule has 0 amide bonds. The van der Waals surface area contributed by atoms with Crippen LogP contribution in [0.2, 0.25) is 0 Å². The van der Waals surface area contributed by atoms with E-state index in [2.05, 4.69) is 87.6 Å². The molecular weight excluding hydrogens is 292 g/mol. The van der Waals surface area contributed by atoms with Crippen LogP contribution in [0.3, 0.4) is 0 Å². The van der Waals surface area contributed by atoms with E-state index in [-0.39, 0.29) is 5.41 Å². The first-order chi connectivity index (χ1) is 11.3. The van der Waals surface area contributed by atoms with Gasteiger partial charge in [0.2, 0.25) is 0 Å². The zero-order chi connectivity index (χ0) is 17.5. The van der Waals surface area contributed by atoms with Gasteiger partial charge >= 0.3 is 0 Å². The monoisotopic (exact) mass is 318 g/mol. The number of hydrogen-bond donors (Lipinski definition) is 0. The minimum Gasteiger partial charge on any atom is -0.334 e. The molecule has 3 aromatic rings. The fourth-order valence-electron chi connectivity index (χ4n) is 3.18. The SMILES string of the molecule is Cc1ccccc1-c1cc(C(C)(C)C)cc(-c2cncn2C)c1C. The summed E-state index contributed by atoms with van der Waals surface area (Å²) in [5.41, 5.74) is 9.11. The van der Waals surface area contributed by atoms with Crippen molar-refractivity contribution >= 4 is 0 Å². The number of benzene rings is 2. The van der Waals surface area contributed by atoms with Gasteiger partial charge in [-0.15, -0.1) is 0 Å². The van der Waals surface area contributed by atoms with Crippen LogP contribution in [-0.2, 0) is 12.5 Å². The Morgan fingerprint density at radius 2 is 1.58 bits per heavy atom. The molecule has 0 N–H and O–H groups in total. The van der Waals surface area contributed by atoms with E-state index in [0.717, 1.165) is 5.69 Å². The summed E-state index contributed by atoms with van der Waals surface area (Å²) in [6, 6.07) is 13.3. The van der Waals surface area contributed by atoms with Gasteiger partial charge in [-0.1, -0.05) is 51.1 Å². The standard InChI is InChI=1S/C22H26N2/c1-15-9-7-8-10-18(15)19-11-17(22(3,4)5)12-20(16(19)2)21-13-23-14-24(21)6/h7-14H,1-6H3. The predicted molar refractivity (Wildman–Crippen MR) is 102 cm³/mol. The second kappa shape index (κ2) is 5.94. The summed E-state index contributed by atoms with van der Waals surface area (Å²) in [5.74, 6) is 0. The van der Waals surface area contributed by atoms with Crippen LogP contribution in [0.5, 0.6) is 0 Å². The Bertz CT molecular complexity index is 879. The van der Waals surface area contributed by atoms with Crippen LogP contribution in [0.15, 0.2) is 48.9 Å². The molecule has 2 nitrogen and oxygen atoms in total. The van der Waals surface area contributed by atoms with E-state index < -0.39 is 0 Å². The summed E-state index contributed by atoms with van der Waals surface area (Å²) in [6.07, 6.45) is 3.82. The summed E-state index contributed by atoms with van der Waals surface area (Å²) in [4.78, 5) is 4.31. The topological polar surface area (TPSA) is 17.8 Å². The van der Waals surface area contributed by atoms with Crippen molar-refractivity contribution < 1.29 is 0 Å². The molecule has 0 fully saturated rings. The second-order valence-electron chi connectivity index (χ2n) is 7.65. The Labute approximate surface area is 145 Å². The zero-order valence-corrected chi connectivity index (χ0v) is 15.5. The van der Waals surface area contributed by atoms with Crippen LogP contribution in [0.4, 0.5) is 0 Å². The van der Waals surface area contributed by atoms with E-state index in [1.807, 2.05) is 12.5 Å². The molecule has 0 atom stereocenters. The van der Waals surface area contributed by atoms with Crippen molar-refractivity contribution in [2.75, 3.05) is 0 Å². The van der Waals surface area contributed by atoms with Crippen LogP contribution in [0, 0.1) is 13.8 Å². The molecule has 0 unspecified atom stereocenters. The highest BCUT2D eigenvalue weighted by Gasteiger charge is 2.20. The maximum atomic E-state index is 4.31. The van der Waals surface area contributed by atoms with Crippen molar-refractivity contribution in [1.82, 2.24) is 9.55 Å². The van der Waals surface area contributed by atoms with Crippen LogP contribution in [0.25, 0.3) is 22.4 Å². The summed E-state index contributed by atoms with van der Waals surface area (Å²) in [6.45, 7) is 11.2. The summed E-state index contributed by atoms with van der Waals surface area (Å²) >= 11 is 0. The fourth-order valence-corrected chi connectivity index (χ4v) is 3.18. The van der Waals surface area contributed by atoms with Crippen molar-refractivity contribution in [3.8, 4) is 22.4 Å². The molecule has 3 rings (SSSR count). The largest absolute Gasteiger partial charge is 0.334 e. The molecule has 0 aliphatic rings. The molecule has 24 heavy (non-hydrogen) atoms. The second-order valence-corrected chi connectivity index (χ2v) is 7.65. The summed E-state index contributed by atoms with van der Waals surface area (Å²) in [7, 11) is 2.05. The minimum absolute atomic E-state index is 0.0957. The lowest BCUT2D eigenvalue weighted by atomic mass is 9.81. The number of rotatable bonds is 2. The van der Waals surface area contributed by atoms with Gasteiger partial charge < -0.3 is 4.57 Å². The van der Waals surface area contributed by atoms with Crippen molar-refractivity contribution in [2.45, 2.75) is 40.0 Å². The summed E-state index contributed by atoms with van der Waals surface area (Å²) < 4.78 is 2.09. The van der Waals surface area contributed by atoms with Gasteiger partial charge in [0.05, 0.1) is 18.2 Å². The van der Waals surface area contributed by atoms with Gasteiger partial charge in [-0.2, -0.15) is 0 Å². The van der Waals surface area contributed by atoms with Gasteiger partial charge in [-0.05, 0) is 53.1 Å². The average Bonchev–Trinajstić information content (AvgIpc) is 2.93. The van der Waals surface area contributed by atoms with Gasteiger partial charge in [-0.3, -0.25) is 0 Å². The first-order valence-corrected chi connectivity index (χ1v) is 8.47. The lowest BCUT2D eigenvalue weighted by Gasteiger charge is -2.24. The zero-order valence-electron chi connectivity index (χ0n) is 15.5. The molecule has 0 saturated heterocycles. The van der Waals surface area contributed by atoms with Gasteiger partial charge in [0, 0.05) is 12.6 Å². The number of aromatic nitrogens is 2. The molecule has 0 saturated carbocycles. The van der Waals surface area contributed by atoms with E-state index in [1.54, 1.807) is 0 Å². The predicted octanol–water partition coefficient (Wildman–Crippen LogP) is 5.67. The van der Waals surface area contributed by atoms with Crippen molar-refractivity contribution in [3.63, 3.8) is 0 Å². The third kappa shape index (κ3) is 2.89. The molecule has 1 aromatic heterocycles. The maximum Gasteiger partial charge on any atom is 0.0948 e. The Kier molecular flexibility index (Phi) is 4.08. The Balaban J connectivity index is 2.34. The molecule has 124 valence electrons. The highest BCUT2D eigenvalue weighted by atomic mass is 15.0. The highest BCUT2D eigenvalue weighted by molar-refractivity contribution is 5.79. The molecule has 1 heterocycles. The van der Waals surface area contributed by atoms with E-state index in [4.69, 9.17) is 0 Å². The molecule has 0 bridgehead atoms. The van der Waals surface area contributed by atoms with Crippen LogP contribution >= 0.6 is 0 Å². The van der Waals surface area contributed by atoms with Gasteiger partial charge in [0.15, 0.2) is 0 Å². The lowest BCUT2D eigenvalue weighted by Crippen LogP contribution is -2.12. The number of hydrogen-bond acceptors (Lipinski definition) is 1. The average molecular weight is 318 g/mol. The minimum atomic E-state index is 0.0957. The van der Waals surface area contributed by atoms with Gasteiger partial charge in [0.25, 0.3) is 0 Å². The van der Waals surface area contributed by atoms with E-state index in [1.165, 1.54) is 33.4 Å². The third-order valence-corrected chi connectivity index (χ3v) is 4.80. The van der Waals surface area contributed by atoms with E-state index in [0.29, 0.717) is 0 Å². The van der Waals surface area contributed by atoms with Crippen LogP contribution in [0.1, 0.15) is 37.5 Å². The van der Waals surface area contributed by atoms with Crippen molar-refractivity contribution in [3.05, 3.63) is 65.6 Å². The van der Waals surface area contributed by atoms with Gasteiger partial charge in [0.1, 0.15) is 0 Å². The Hall–Kier alpha value is -2.35. The van der Waals surface area contributed by atoms with Crippen LogP contribution in [-0.4, -0.2) is 9.55 Å². The molecule has 0 radical (unpaired) electrons. The Morgan fingerprint density at radius 1 is 0.917 bits per heavy atom. The molecule has 2 aromatic carbocycles. The molecule has 0 spiro atoms. The third-order valence-electron chi connectivity index (χ3n) is 4.80. The number of aryl methyl sites for hydroxylation is 2. The molecular formula is C22H26N2. The number of imidazole rings is 1. The van der Waals surface area contributed by atoms with Gasteiger partial charge in [-0.25, -0.2) is 4.98 Å². The lowest BCUT2D eigenvalue weighted by molar-refractivity contribution is 0.590. The first kappa shape index (κ1) is 16.5. The Morgan fingerprint density at radius 3 is 2.17 bits per heavy atom. The first-order valence-electron chi connectivity index (χ1n) is 8.47. The van der Waals surface area contributed by atoms with E-state index in [9.17, 15) is 0 Å². The number of nitrogens with zero attached hydrogens (tertiary/aromatic N) is 2. The summed E-state index contributed by atoms with van der Waals surface area (Å²) in [5, 5.41) is 0. The van der Waals surface area contributed by atoms with Crippen molar-refractivity contribution in [2.24, 2.45) is 7.05 Å². The smallest absolute Gasteiger partial charge is 0.0948 e. The van der Waals surface area contributed by atoms with Crippen LogP contribution < -0.4 is 0 Å². The normalized spacial score (nSPS) is 11.8. The molecule has 0 aliphatic heterocycles. The maximum absolute atomic E-state index is 4.31. The fraction of sp³-hybridized carbons (Fsp3) is 0.318. The van der Waals surface area contributed by atoms with Crippen molar-refractivity contribution in [1.29, 1.82) is 0 Å². The molecule has 0 aliphatic carbocycles. The molecule has 2 heteroatoms.